The lowest BCUT2D eigenvalue weighted by Gasteiger charge is -2.17. The number of aliphatic hydroxyl groups is 2. The number of nitrogens with one attached hydrogen (secondary N) is 1. The highest BCUT2D eigenvalue weighted by Gasteiger charge is 2.39. The second kappa shape index (κ2) is 10.6. The molecule has 13 heteroatoms. The van der Waals surface area contributed by atoms with Crippen LogP contribution in [0.15, 0.2) is 53.3 Å². The summed E-state index contributed by atoms with van der Waals surface area (Å²) < 4.78 is 40.1. The molecule has 0 radical (unpaired) electrons. The van der Waals surface area contributed by atoms with Crippen LogP contribution in [0.5, 0.6) is 0 Å². The maximum Gasteiger partial charge on any atom is 0.416 e. The molecule has 0 spiro atoms. The van der Waals surface area contributed by atoms with E-state index in [0.29, 0.717) is 24.9 Å². The number of hydrogen-bond acceptors (Lipinski definition) is 5. The van der Waals surface area contributed by atoms with Crippen LogP contribution in [0.1, 0.15) is 11.6 Å². The Morgan fingerprint density at radius 3 is 2.35 bits per heavy atom. The van der Waals surface area contributed by atoms with Gasteiger partial charge < -0.3 is 15.5 Å². The first-order chi connectivity index (χ1) is 16.0. The third-order valence-electron chi connectivity index (χ3n) is 4.85. The van der Waals surface area contributed by atoms with E-state index >= 15 is 0 Å². The van der Waals surface area contributed by atoms with Gasteiger partial charge >= 0.3 is 11.9 Å². The van der Waals surface area contributed by atoms with Crippen molar-refractivity contribution in [1.29, 1.82) is 0 Å². The van der Waals surface area contributed by atoms with Crippen molar-refractivity contribution in [2.24, 2.45) is 0 Å². The van der Waals surface area contributed by atoms with Gasteiger partial charge in [0.2, 0.25) is 5.91 Å². The first-order valence-corrected chi connectivity index (χ1v) is 10.6. The number of nitrogens with zero attached hydrogens (tertiary/aromatic N) is 3. The Hall–Kier alpha value is -2.86. The SMILES string of the molecule is O=C(Cn1nc(-c2ccc(Cl)cc2)n(C[C@H](O)C(F)(F)F)c1=O)NC(CO)c1ccccc1Cl. The van der Waals surface area contributed by atoms with Crippen molar-refractivity contribution < 1.29 is 28.2 Å². The van der Waals surface area contributed by atoms with Crippen LogP contribution in [0.2, 0.25) is 10.0 Å². The molecule has 2 aromatic carbocycles. The molecule has 0 fully saturated rings. The van der Waals surface area contributed by atoms with Crippen LogP contribution < -0.4 is 11.0 Å². The molecule has 1 heterocycles. The van der Waals surface area contributed by atoms with Crippen LogP contribution >= 0.6 is 23.2 Å². The second-order valence-corrected chi connectivity index (χ2v) is 8.11. The van der Waals surface area contributed by atoms with E-state index in [4.69, 9.17) is 23.2 Å². The van der Waals surface area contributed by atoms with Crippen LogP contribution in [0.25, 0.3) is 11.4 Å². The molecule has 0 saturated heterocycles. The maximum atomic E-state index is 12.9. The van der Waals surface area contributed by atoms with Gasteiger partial charge in [0.05, 0.1) is 19.2 Å². The van der Waals surface area contributed by atoms with Gasteiger partial charge in [-0.25, -0.2) is 9.48 Å². The van der Waals surface area contributed by atoms with Crippen molar-refractivity contribution in [3.8, 4) is 11.4 Å². The maximum absolute atomic E-state index is 12.9. The van der Waals surface area contributed by atoms with Crippen LogP contribution in [0, 0.1) is 0 Å². The van der Waals surface area contributed by atoms with Crippen molar-refractivity contribution in [3.63, 3.8) is 0 Å². The molecule has 3 aromatic rings. The highest BCUT2D eigenvalue weighted by molar-refractivity contribution is 6.31. The summed E-state index contributed by atoms with van der Waals surface area (Å²) in [6.45, 7) is -2.27. The molecule has 3 N–H and O–H groups in total. The quantitative estimate of drug-likeness (QED) is 0.424. The Morgan fingerprint density at radius 1 is 1.12 bits per heavy atom. The number of amides is 1. The molecule has 182 valence electrons. The summed E-state index contributed by atoms with van der Waals surface area (Å²) in [6, 6.07) is 11.4. The first-order valence-electron chi connectivity index (χ1n) is 9.84. The molecule has 1 amide bonds. The summed E-state index contributed by atoms with van der Waals surface area (Å²) >= 11 is 11.9. The number of carbonyl (C=O) groups is 1. The lowest BCUT2D eigenvalue weighted by molar-refractivity contribution is -0.207. The molecular weight excluding hydrogens is 500 g/mol. The molecule has 8 nitrogen and oxygen atoms in total. The van der Waals surface area contributed by atoms with E-state index < -0.39 is 49.6 Å². The highest BCUT2D eigenvalue weighted by atomic mass is 35.5. The predicted molar refractivity (Wildman–Crippen MR) is 118 cm³/mol. The Balaban J connectivity index is 1.91. The predicted octanol–water partition coefficient (Wildman–Crippen LogP) is 2.79. The number of rotatable bonds is 8. The minimum atomic E-state index is -4.97. The average molecular weight is 519 g/mol. The Bertz CT molecular complexity index is 1210. The normalized spacial score (nSPS) is 13.5. The molecule has 3 rings (SSSR count). The summed E-state index contributed by atoms with van der Waals surface area (Å²) in [4.78, 5) is 25.4. The standard InChI is InChI=1S/C21H19Cl2F3N4O4/c22-13-7-5-12(6-8-13)19-28-30(20(34)29(19)9-17(32)21(24,25)26)10-18(33)27-16(11-31)14-3-1-2-4-15(14)23/h1-8,16-17,31-32H,9-11H2,(H,27,33)/t16?,17-/m0/s1. The van der Waals surface area contributed by atoms with Gasteiger partial charge in [-0.05, 0) is 35.9 Å². The smallest absolute Gasteiger partial charge is 0.394 e. The van der Waals surface area contributed by atoms with E-state index in [1.54, 1.807) is 24.3 Å². The number of benzene rings is 2. The fourth-order valence-corrected chi connectivity index (χ4v) is 3.55. The van der Waals surface area contributed by atoms with Gasteiger partial charge in [0.15, 0.2) is 11.9 Å². The van der Waals surface area contributed by atoms with Crippen LogP contribution in [0.4, 0.5) is 13.2 Å². The summed E-state index contributed by atoms with van der Waals surface area (Å²) in [5, 5.41) is 26.3. The Kier molecular flexibility index (Phi) is 8.03. The summed E-state index contributed by atoms with van der Waals surface area (Å²) in [5.41, 5.74) is -0.353. The van der Waals surface area contributed by atoms with E-state index in [2.05, 4.69) is 10.4 Å². The minimum absolute atomic E-state index is 0.192. The fraction of sp³-hybridized carbons (Fsp3) is 0.286. The third-order valence-corrected chi connectivity index (χ3v) is 5.45. The van der Waals surface area contributed by atoms with E-state index in [0.717, 1.165) is 0 Å². The molecule has 2 atom stereocenters. The summed E-state index contributed by atoms with van der Waals surface area (Å²) in [5.74, 6) is -0.938. The highest BCUT2D eigenvalue weighted by Crippen LogP contribution is 2.24. The number of alkyl halides is 3. The number of carbonyl (C=O) groups excluding carboxylic acids is 1. The number of hydrogen-bond donors (Lipinski definition) is 3. The number of aromatic nitrogens is 3. The molecule has 0 aliphatic heterocycles. The van der Waals surface area contributed by atoms with E-state index in [1.807, 2.05) is 0 Å². The monoisotopic (exact) mass is 518 g/mol. The van der Waals surface area contributed by atoms with Crippen molar-refractivity contribution in [2.75, 3.05) is 6.61 Å². The first kappa shape index (κ1) is 25.8. The lowest BCUT2D eigenvalue weighted by atomic mass is 10.1. The van der Waals surface area contributed by atoms with Crippen LogP contribution in [0.3, 0.4) is 0 Å². The average Bonchev–Trinajstić information content (AvgIpc) is 3.07. The Morgan fingerprint density at radius 2 is 1.76 bits per heavy atom. The zero-order valence-corrected chi connectivity index (χ0v) is 18.8. The van der Waals surface area contributed by atoms with Crippen LogP contribution in [-0.4, -0.2) is 49.4 Å². The number of aliphatic hydroxyl groups excluding tert-OH is 2. The Labute approximate surface area is 201 Å². The molecule has 0 saturated carbocycles. The van der Waals surface area contributed by atoms with Crippen molar-refractivity contribution in [1.82, 2.24) is 19.7 Å². The minimum Gasteiger partial charge on any atom is -0.394 e. The topological polar surface area (TPSA) is 109 Å². The fourth-order valence-electron chi connectivity index (χ4n) is 3.15. The zero-order valence-electron chi connectivity index (χ0n) is 17.3. The van der Waals surface area contributed by atoms with Crippen LogP contribution in [-0.2, 0) is 17.9 Å². The zero-order chi connectivity index (χ0) is 25.0. The van der Waals surface area contributed by atoms with Gasteiger partial charge in [0.25, 0.3) is 0 Å². The van der Waals surface area contributed by atoms with Gasteiger partial charge in [-0.2, -0.15) is 13.2 Å². The van der Waals surface area contributed by atoms with Crippen molar-refractivity contribution in [3.05, 3.63) is 74.6 Å². The third kappa shape index (κ3) is 5.98. The van der Waals surface area contributed by atoms with Gasteiger partial charge in [-0.15, -0.1) is 5.10 Å². The molecule has 0 bridgehead atoms. The lowest BCUT2D eigenvalue weighted by Crippen LogP contribution is -2.39. The number of halogens is 5. The second-order valence-electron chi connectivity index (χ2n) is 7.26. The van der Waals surface area contributed by atoms with Gasteiger partial charge in [0, 0.05) is 15.6 Å². The van der Waals surface area contributed by atoms with Gasteiger partial charge in [0.1, 0.15) is 6.54 Å². The van der Waals surface area contributed by atoms with Crippen molar-refractivity contribution >= 4 is 29.1 Å². The van der Waals surface area contributed by atoms with E-state index in [9.17, 15) is 33.0 Å². The molecule has 1 unspecified atom stereocenters. The van der Waals surface area contributed by atoms with E-state index in [1.165, 1.54) is 24.3 Å². The van der Waals surface area contributed by atoms with E-state index in [-0.39, 0.29) is 11.4 Å². The largest absolute Gasteiger partial charge is 0.416 e. The molecule has 1 aromatic heterocycles. The van der Waals surface area contributed by atoms with Gasteiger partial charge in [-0.3, -0.25) is 9.36 Å². The molecule has 34 heavy (non-hydrogen) atoms. The van der Waals surface area contributed by atoms with Gasteiger partial charge in [-0.1, -0.05) is 41.4 Å². The molecule has 0 aliphatic rings. The summed E-state index contributed by atoms with van der Waals surface area (Å²) in [7, 11) is 0. The molecule has 0 aliphatic carbocycles. The molecular formula is C21H19Cl2F3N4O4. The van der Waals surface area contributed by atoms with Crippen molar-refractivity contribution in [2.45, 2.75) is 31.4 Å². The summed E-state index contributed by atoms with van der Waals surface area (Å²) in [6.07, 6.45) is -7.80.